The number of benzene rings is 1. The highest BCUT2D eigenvalue weighted by Gasteiger charge is 2.41. The molecule has 1 aromatic carbocycles. The second-order valence-electron chi connectivity index (χ2n) is 5.94. The SMILES string of the molecule is O=C(O)C1CCC(c2ccc(F)cc2)N(C(=O)C2CC2)C1. The van der Waals surface area contributed by atoms with E-state index in [1.807, 2.05) is 0 Å². The number of amides is 1. The number of hydrogen-bond donors (Lipinski definition) is 1. The number of halogens is 1. The van der Waals surface area contributed by atoms with Crippen molar-refractivity contribution in [2.75, 3.05) is 6.54 Å². The van der Waals surface area contributed by atoms with E-state index in [9.17, 15) is 19.1 Å². The van der Waals surface area contributed by atoms with Crippen LogP contribution in [0.15, 0.2) is 24.3 Å². The van der Waals surface area contributed by atoms with Gasteiger partial charge in [0.15, 0.2) is 0 Å². The third-order valence-electron chi connectivity index (χ3n) is 4.40. The standard InChI is InChI=1S/C16H18FNO3/c17-13-6-3-10(4-7-13)14-8-5-12(16(20)21)9-18(14)15(19)11-1-2-11/h3-4,6-7,11-12,14H,1-2,5,8-9H2,(H,20,21). The predicted octanol–water partition coefficient (Wildman–Crippen LogP) is 2.60. The van der Waals surface area contributed by atoms with E-state index in [1.54, 1.807) is 17.0 Å². The van der Waals surface area contributed by atoms with Crippen molar-refractivity contribution < 1.29 is 19.1 Å². The molecule has 1 N–H and O–H groups in total. The van der Waals surface area contributed by atoms with Gasteiger partial charge in [0.25, 0.3) is 0 Å². The first-order valence-corrected chi connectivity index (χ1v) is 7.35. The summed E-state index contributed by atoms with van der Waals surface area (Å²) in [7, 11) is 0. The summed E-state index contributed by atoms with van der Waals surface area (Å²) in [4.78, 5) is 25.3. The lowest BCUT2D eigenvalue weighted by molar-refractivity contribution is -0.148. The molecule has 2 atom stereocenters. The van der Waals surface area contributed by atoms with Crippen LogP contribution in [0, 0.1) is 17.7 Å². The molecule has 1 amide bonds. The third-order valence-corrected chi connectivity index (χ3v) is 4.40. The second-order valence-corrected chi connectivity index (χ2v) is 5.94. The van der Waals surface area contributed by atoms with E-state index in [0.29, 0.717) is 12.8 Å². The molecule has 1 saturated carbocycles. The Kier molecular flexibility index (Phi) is 3.66. The number of carboxylic acids is 1. The number of rotatable bonds is 3. The van der Waals surface area contributed by atoms with Gasteiger partial charge in [0.1, 0.15) is 5.82 Å². The maximum absolute atomic E-state index is 13.1. The van der Waals surface area contributed by atoms with E-state index in [2.05, 4.69) is 0 Å². The first-order valence-electron chi connectivity index (χ1n) is 7.35. The van der Waals surface area contributed by atoms with Crippen LogP contribution in [-0.4, -0.2) is 28.4 Å². The van der Waals surface area contributed by atoms with Crippen LogP contribution in [-0.2, 0) is 9.59 Å². The molecule has 4 nitrogen and oxygen atoms in total. The van der Waals surface area contributed by atoms with E-state index >= 15 is 0 Å². The van der Waals surface area contributed by atoms with Crippen LogP contribution in [0.2, 0.25) is 0 Å². The number of carbonyl (C=O) groups excluding carboxylic acids is 1. The summed E-state index contributed by atoms with van der Waals surface area (Å²) in [6, 6.07) is 6.02. The zero-order valence-electron chi connectivity index (χ0n) is 11.7. The normalized spacial score (nSPS) is 25.7. The lowest BCUT2D eigenvalue weighted by Gasteiger charge is -2.39. The fourth-order valence-electron chi connectivity index (χ4n) is 3.01. The maximum atomic E-state index is 13.1. The summed E-state index contributed by atoms with van der Waals surface area (Å²) in [6.07, 6.45) is 2.94. The van der Waals surface area contributed by atoms with Crippen LogP contribution in [0.1, 0.15) is 37.3 Å². The van der Waals surface area contributed by atoms with Crippen LogP contribution in [0.4, 0.5) is 4.39 Å². The molecule has 2 unspecified atom stereocenters. The lowest BCUT2D eigenvalue weighted by atomic mass is 9.88. The Labute approximate surface area is 122 Å². The quantitative estimate of drug-likeness (QED) is 0.931. The van der Waals surface area contributed by atoms with Crippen molar-refractivity contribution in [2.45, 2.75) is 31.7 Å². The Balaban J connectivity index is 1.84. The van der Waals surface area contributed by atoms with Gasteiger partial charge in [-0.1, -0.05) is 12.1 Å². The van der Waals surface area contributed by atoms with Crippen molar-refractivity contribution in [3.05, 3.63) is 35.6 Å². The van der Waals surface area contributed by atoms with E-state index in [1.165, 1.54) is 12.1 Å². The molecule has 0 bridgehead atoms. The minimum absolute atomic E-state index is 0.0512. The number of aliphatic carboxylic acids is 1. The topological polar surface area (TPSA) is 57.6 Å². The van der Waals surface area contributed by atoms with Crippen LogP contribution in [0.25, 0.3) is 0 Å². The number of piperidine rings is 1. The summed E-state index contributed by atoms with van der Waals surface area (Å²) in [6.45, 7) is 0.257. The highest BCUT2D eigenvalue weighted by Crippen LogP contribution is 2.39. The van der Waals surface area contributed by atoms with E-state index in [4.69, 9.17) is 0 Å². The van der Waals surface area contributed by atoms with Gasteiger partial charge < -0.3 is 10.0 Å². The molecule has 0 aromatic heterocycles. The van der Waals surface area contributed by atoms with Gasteiger partial charge in [-0.15, -0.1) is 0 Å². The summed E-state index contributed by atoms with van der Waals surface area (Å²) < 4.78 is 13.1. The highest BCUT2D eigenvalue weighted by molar-refractivity contribution is 5.82. The zero-order valence-corrected chi connectivity index (χ0v) is 11.7. The van der Waals surface area contributed by atoms with Crippen LogP contribution < -0.4 is 0 Å². The number of carboxylic acid groups (broad SMARTS) is 1. The number of carbonyl (C=O) groups is 2. The van der Waals surface area contributed by atoms with Gasteiger partial charge in [-0.05, 0) is 43.4 Å². The zero-order chi connectivity index (χ0) is 15.0. The van der Waals surface area contributed by atoms with Gasteiger partial charge in [-0.25, -0.2) is 4.39 Å². The fraction of sp³-hybridized carbons (Fsp3) is 0.500. The van der Waals surface area contributed by atoms with Crippen molar-refractivity contribution in [1.29, 1.82) is 0 Å². The van der Waals surface area contributed by atoms with Gasteiger partial charge in [-0.3, -0.25) is 9.59 Å². The Morgan fingerprint density at radius 2 is 1.67 bits per heavy atom. The Bertz CT molecular complexity index is 553. The van der Waals surface area contributed by atoms with E-state index < -0.39 is 11.9 Å². The molecule has 0 radical (unpaired) electrons. The minimum atomic E-state index is -0.846. The van der Waals surface area contributed by atoms with Crippen LogP contribution in [0.5, 0.6) is 0 Å². The van der Waals surface area contributed by atoms with Gasteiger partial charge in [0, 0.05) is 12.5 Å². The molecule has 5 heteroatoms. The molecule has 1 saturated heterocycles. The maximum Gasteiger partial charge on any atom is 0.308 e. The average molecular weight is 291 g/mol. The van der Waals surface area contributed by atoms with Crippen molar-refractivity contribution >= 4 is 11.9 Å². The lowest BCUT2D eigenvalue weighted by Crippen LogP contribution is -2.45. The molecular weight excluding hydrogens is 273 g/mol. The Hall–Kier alpha value is -1.91. The molecule has 0 spiro atoms. The van der Waals surface area contributed by atoms with Gasteiger partial charge in [0.05, 0.1) is 12.0 Å². The summed E-state index contributed by atoms with van der Waals surface area (Å²) in [5.74, 6) is -1.54. The van der Waals surface area contributed by atoms with Gasteiger partial charge in [-0.2, -0.15) is 0 Å². The molecule has 21 heavy (non-hydrogen) atoms. The Morgan fingerprint density at radius 1 is 1.05 bits per heavy atom. The largest absolute Gasteiger partial charge is 0.481 e. The molecule has 2 fully saturated rings. The second kappa shape index (κ2) is 5.47. The molecular formula is C16H18FNO3. The predicted molar refractivity (Wildman–Crippen MR) is 73.9 cm³/mol. The molecule has 1 aliphatic carbocycles. The Morgan fingerprint density at radius 3 is 2.24 bits per heavy atom. The van der Waals surface area contributed by atoms with Crippen molar-refractivity contribution in [1.82, 2.24) is 4.90 Å². The summed E-state index contributed by atoms with van der Waals surface area (Å²) in [5, 5.41) is 9.20. The monoisotopic (exact) mass is 291 g/mol. The van der Waals surface area contributed by atoms with Crippen molar-refractivity contribution in [3.63, 3.8) is 0 Å². The smallest absolute Gasteiger partial charge is 0.308 e. The first-order chi connectivity index (χ1) is 10.1. The van der Waals surface area contributed by atoms with E-state index in [0.717, 1.165) is 18.4 Å². The molecule has 1 aromatic rings. The first kappa shape index (κ1) is 14.0. The summed E-state index contributed by atoms with van der Waals surface area (Å²) >= 11 is 0. The highest BCUT2D eigenvalue weighted by atomic mass is 19.1. The summed E-state index contributed by atoms with van der Waals surface area (Å²) in [5.41, 5.74) is 0.884. The third kappa shape index (κ3) is 2.91. The number of hydrogen-bond acceptors (Lipinski definition) is 2. The molecule has 1 heterocycles. The van der Waals surface area contributed by atoms with Gasteiger partial charge in [0.2, 0.25) is 5.91 Å². The van der Waals surface area contributed by atoms with Crippen LogP contribution >= 0.6 is 0 Å². The van der Waals surface area contributed by atoms with E-state index in [-0.39, 0.29) is 30.2 Å². The van der Waals surface area contributed by atoms with Gasteiger partial charge >= 0.3 is 5.97 Å². The number of nitrogens with zero attached hydrogens (tertiary/aromatic N) is 1. The van der Waals surface area contributed by atoms with Crippen LogP contribution in [0.3, 0.4) is 0 Å². The van der Waals surface area contributed by atoms with Crippen molar-refractivity contribution in [2.24, 2.45) is 11.8 Å². The molecule has 3 rings (SSSR count). The average Bonchev–Trinajstić information content (AvgIpc) is 3.31. The molecule has 1 aliphatic heterocycles. The molecule has 2 aliphatic rings. The van der Waals surface area contributed by atoms with Crippen molar-refractivity contribution in [3.8, 4) is 0 Å². The molecule has 112 valence electrons. The minimum Gasteiger partial charge on any atom is -0.481 e. The number of likely N-dealkylation sites (tertiary alicyclic amines) is 1. The fourth-order valence-corrected chi connectivity index (χ4v) is 3.01.